The molecule has 1 aromatic rings. The highest BCUT2D eigenvalue weighted by atomic mass is 16.5. The number of benzene rings is 1. The Labute approximate surface area is 123 Å². The summed E-state index contributed by atoms with van der Waals surface area (Å²) in [5.74, 6) is 0.988. The molecule has 1 atom stereocenters. The van der Waals surface area contributed by atoms with Crippen LogP contribution in [-0.2, 0) is 0 Å². The van der Waals surface area contributed by atoms with E-state index in [4.69, 9.17) is 4.74 Å². The van der Waals surface area contributed by atoms with Gasteiger partial charge in [-0.1, -0.05) is 31.9 Å². The van der Waals surface area contributed by atoms with Crippen molar-refractivity contribution in [2.75, 3.05) is 7.05 Å². The quantitative estimate of drug-likeness (QED) is 0.812. The van der Waals surface area contributed by atoms with Gasteiger partial charge in [-0.25, -0.2) is 0 Å². The van der Waals surface area contributed by atoms with Crippen molar-refractivity contribution >= 4 is 0 Å². The van der Waals surface area contributed by atoms with Crippen LogP contribution in [0.25, 0.3) is 0 Å². The van der Waals surface area contributed by atoms with Gasteiger partial charge in [0.1, 0.15) is 5.75 Å². The minimum atomic E-state index is 0.227. The van der Waals surface area contributed by atoms with Crippen LogP contribution in [0.3, 0.4) is 0 Å². The van der Waals surface area contributed by atoms with E-state index in [2.05, 4.69) is 57.4 Å². The van der Waals surface area contributed by atoms with E-state index in [1.165, 1.54) is 37.7 Å². The van der Waals surface area contributed by atoms with Crippen molar-refractivity contribution in [3.05, 3.63) is 29.8 Å². The molecular weight excluding hydrogens is 246 g/mol. The average molecular weight is 275 g/mol. The lowest BCUT2D eigenvalue weighted by atomic mass is 9.73. The molecule has 0 radical (unpaired) electrons. The van der Waals surface area contributed by atoms with Gasteiger partial charge in [0.15, 0.2) is 0 Å². The van der Waals surface area contributed by atoms with Crippen LogP contribution in [0.4, 0.5) is 0 Å². The molecule has 0 aliphatic heterocycles. The van der Waals surface area contributed by atoms with Crippen LogP contribution in [0, 0.1) is 5.41 Å². The van der Waals surface area contributed by atoms with Crippen molar-refractivity contribution in [1.29, 1.82) is 0 Å². The monoisotopic (exact) mass is 275 g/mol. The minimum Gasteiger partial charge on any atom is -0.491 e. The van der Waals surface area contributed by atoms with Gasteiger partial charge in [-0.05, 0) is 63.3 Å². The molecule has 1 saturated carbocycles. The molecule has 1 aromatic carbocycles. The van der Waals surface area contributed by atoms with Gasteiger partial charge in [-0.3, -0.25) is 0 Å². The second-order valence-electron chi connectivity index (χ2n) is 6.38. The fourth-order valence-corrected chi connectivity index (χ4v) is 3.79. The van der Waals surface area contributed by atoms with Crippen molar-refractivity contribution in [3.63, 3.8) is 0 Å². The van der Waals surface area contributed by atoms with Gasteiger partial charge in [-0.15, -0.1) is 0 Å². The minimum absolute atomic E-state index is 0.227. The molecule has 1 fully saturated rings. The maximum Gasteiger partial charge on any atom is 0.120 e. The molecule has 0 amide bonds. The summed E-state index contributed by atoms with van der Waals surface area (Å²) in [7, 11) is 2.09. The Hall–Kier alpha value is -1.02. The van der Waals surface area contributed by atoms with Crippen molar-refractivity contribution < 1.29 is 4.74 Å². The van der Waals surface area contributed by atoms with E-state index < -0.39 is 0 Å². The number of hydrogen-bond donors (Lipinski definition) is 1. The normalized spacial score (nSPS) is 19.2. The second-order valence-corrected chi connectivity index (χ2v) is 6.38. The molecule has 112 valence electrons. The van der Waals surface area contributed by atoms with Crippen LogP contribution in [0.2, 0.25) is 0 Å². The molecule has 2 heteroatoms. The predicted octanol–water partition coefficient (Wildman–Crippen LogP) is 4.70. The first-order chi connectivity index (χ1) is 9.61. The van der Waals surface area contributed by atoms with Gasteiger partial charge in [-0.2, -0.15) is 0 Å². The summed E-state index contributed by atoms with van der Waals surface area (Å²) in [6, 6.07) is 9.07. The Morgan fingerprint density at radius 3 is 2.50 bits per heavy atom. The van der Waals surface area contributed by atoms with Gasteiger partial charge in [0.2, 0.25) is 0 Å². The lowest BCUT2D eigenvalue weighted by molar-refractivity contribution is 0.194. The summed E-state index contributed by atoms with van der Waals surface area (Å²) in [4.78, 5) is 0. The van der Waals surface area contributed by atoms with E-state index in [1.807, 2.05) is 0 Å². The van der Waals surface area contributed by atoms with Gasteiger partial charge in [0.25, 0.3) is 0 Å². The van der Waals surface area contributed by atoms with E-state index in [1.54, 1.807) is 0 Å². The third kappa shape index (κ3) is 3.17. The molecule has 0 spiro atoms. The topological polar surface area (TPSA) is 21.3 Å². The first-order valence-electron chi connectivity index (χ1n) is 8.05. The molecular formula is C18H29NO. The van der Waals surface area contributed by atoms with Crippen LogP contribution in [0.15, 0.2) is 24.3 Å². The summed E-state index contributed by atoms with van der Waals surface area (Å²) in [6.45, 7) is 6.49. The second kappa shape index (κ2) is 6.62. The first-order valence-corrected chi connectivity index (χ1v) is 8.05. The van der Waals surface area contributed by atoms with Gasteiger partial charge >= 0.3 is 0 Å². The Kier molecular flexibility index (Phi) is 5.09. The van der Waals surface area contributed by atoms with Crippen LogP contribution >= 0.6 is 0 Å². The zero-order chi connectivity index (χ0) is 14.6. The average Bonchev–Trinajstić information content (AvgIpc) is 2.89. The van der Waals surface area contributed by atoms with E-state index in [0.717, 1.165) is 5.75 Å². The summed E-state index contributed by atoms with van der Waals surface area (Å²) in [5, 5.41) is 3.58. The largest absolute Gasteiger partial charge is 0.491 e. The third-order valence-electron chi connectivity index (χ3n) is 4.77. The molecule has 0 saturated heterocycles. The van der Waals surface area contributed by atoms with Crippen molar-refractivity contribution in [1.82, 2.24) is 5.32 Å². The molecule has 2 rings (SSSR count). The fourth-order valence-electron chi connectivity index (χ4n) is 3.79. The molecule has 1 unspecified atom stereocenters. The summed E-state index contributed by atoms with van der Waals surface area (Å²) in [5.41, 5.74) is 1.79. The number of ether oxygens (including phenoxy) is 1. The van der Waals surface area contributed by atoms with Gasteiger partial charge < -0.3 is 10.1 Å². The highest BCUT2D eigenvalue weighted by molar-refractivity contribution is 5.32. The summed E-state index contributed by atoms with van der Waals surface area (Å²) < 4.78 is 5.85. The molecule has 1 aliphatic carbocycles. The Balaban J connectivity index is 2.27. The zero-order valence-electron chi connectivity index (χ0n) is 13.4. The van der Waals surface area contributed by atoms with Crippen molar-refractivity contribution in [3.8, 4) is 5.75 Å². The van der Waals surface area contributed by atoms with Crippen LogP contribution in [-0.4, -0.2) is 13.2 Å². The molecule has 0 aromatic heterocycles. The van der Waals surface area contributed by atoms with E-state index in [9.17, 15) is 0 Å². The SMILES string of the molecule is CCC1(C(NC)c2cccc(OC(C)C)c2)CCCC1. The van der Waals surface area contributed by atoms with E-state index in [0.29, 0.717) is 11.5 Å². The highest BCUT2D eigenvalue weighted by Gasteiger charge is 2.39. The van der Waals surface area contributed by atoms with E-state index >= 15 is 0 Å². The highest BCUT2D eigenvalue weighted by Crippen LogP contribution is 2.50. The van der Waals surface area contributed by atoms with Crippen LogP contribution < -0.4 is 10.1 Å². The number of hydrogen-bond acceptors (Lipinski definition) is 2. The van der Waals surface area contributed by atoms with Crippen molar-refractivity contribution in [2.24, 2.45) is 5.41 Å². The Bertz CT molecular complexity index is 421. The number of nitrogens with one attached hydrogen (secondary N) is 1. The maximum absolute atomic E-state index is 5.85. The molecule has 2 nitrogen and oxygen atoms in total. The van der Waals surface area contributed by atoms with E-state index in [-0.39, 0.29) is 6.10 Å². The van der Waals surface area contributed by atoms with Crippen LogP contribution in [0.1, 0.15) is 64.5 Å². The van der Waals surface area contributed by atoms with Crippen LogP contribution in [0.5, 0.6) is 5.75 Å². The lowest BCUT2D eigenvalue weighted by Gasteiger charge is -2.37. The predicted molar refractivity (Wildman–Crippen MR) is 85.2 cm³/mol. The standard InChI is InChI=1S/C18H29NO/c1-5-18(11-6-7-12-18)17(19-4)15-9-8-10-16(13-15)20-14(2)3/h8-10,13-14,17,19H,5-7,11-12H2,1-4H3. The lowest BCUT2D eigenvalue weighted by Crippen LogP contribution is -2.34. The third-order valence-corrected chi connectivity index (χ3v) is 4.77. The molecule has 0 bridgehead atoms. The molecule has 1 aliphatic rings. The molecule has 1 N–H and O–H groups in total. The summed E-state index contributed by atoms with van der Waals surface area (Å²) in [6.07, 6.45) is 6.88. The Morgan fingerprint density at radius 1 is 1.25 bits per heavy atom. The van der Waals surface area contributed by atoms with Gasteiger partial charge in [0, 0.05) is 6.04 Å². The maximum atomic E-state index is 5.85. The number of rotatable bonds is 6. The smallest absolute Gasteiger partial charge is 0.120 e. The van der Waals surface area contributed by atoms with Crippen molar-refractivity contribution in [2.45, 2.75) is 65.0 Å². The summed E-state index contributed by atoms with van der Waals surface area (Å²) >= 11 is 0. The zero-order valence-corrected chi connectivity index (χ0v) is 13.4. The first kappa shape index (κ1) is 15.4. The van der Waals surface area contributed by atoms with Gasteiger partial charge in [0.05, 0.1) is 6.10 Å². The molecule has 20 heavy (non-hydrogen) atoms. The Morgan fingerprint density at radius 2 is 1.95 bits per heavy atom. The molecule has 0 heterocycles. The fraction of sp³-hybridized carbons (Fsp3) is 0.667.